The van der Waals surface area contributed by atoms with Gasteiger partial charge in [0.25, 0.3) is 5.91 Å². The Morgan fingerprint density at radius 2 is 1.80 bits per heavy atom. The van der Waals surface area contributed by atoms with E-state index in [2.05, 4.69) is 10.6 Å². The molecule has 7 nitrogen and oxygen atoms in total. The summed E-state index contributed by atoms with van der Waals surface area (Å²) in [5.74, 6) is -0.632. The van der Waals surface area contributed by atoms with Gasteiger partial charge in [0.15, 0.2) is 0 Å². The second-order valence-electron chi connectivity index (χ2n) is 9.23. The maximum atomic E-state index is 13.5. The molecule has 2 aliphatic rings. The van der Waals surface area contributed by atoms with Gasteiger partial charge in [0.2, 0.25) is 5.91 Å². The first kappa shape index (κ1) is 23.1. The van der Waals surface area contributed by atoms with Gasteiger partial charge in [-0.15, -0.1) is 11.3 Å². The van der Waals surface area contributed by atoms with Crippen LogP contribution in [0.2, 0.25) is 0 Å². The Balaban J connectivity index is 1.33. The summed E-state index contributed by atoms with van der Waals surface area (Å²) in [6, 6.07) is 18.7. The summed E-state index contributed by atoms with van der Waals surface area (Å²) < 4.78 is 0. The molecule has 1 spiro atoms. The van der Waals surface area contributed by atoms with Crippen molar-refractivity contribution in [2.75, 3.05) is 16.8 Å². The van der Waals surface area contributed by atoms with Crippen LogP contribution in [0.5, 0.6) is 0 Å². The fourth-order valence-corrected chi connectivity index (χ4v) is 6.02. The third-order valence-electron chi connectivity index (χ3n) is 6.62. The van der Waals surface area contributed by atoms with Gasteiger partial charge in [-0.25, -0.2) is 4.79 Å². The monoisotopic (exact) mass is 488 g/mol. The number of aryl methyl sites for hydroxylation is 1. The summed E-state index contributed by atoms with van der Waals surface area (Å²) in [5, 5.41) is 8.21. The molecule has 180 valence electrons. The molecule has 0 unspecified atom stereocenters. The van der Waals surface area contributed by atoms with Gasteiger partial charge in [-0.2, -0.15) is 0 Å². The van der Waals surface area contributed by atoms with Gasteiger partial charge in [-0.3, -0.25) is 14.5 Å². The van der Waals surface area contributed by atoms with Gasteiger partial charge < -0.3 is 15.5 Å². The number of fused-ring (bicyclic) bond motifs is 2. The number of imide groups is 1. The van der Waals surface area contributed by atoms with Crippen molar-refractivity contribution in [2.24, 2.45) is 0 Å². The van der Waals surface area contributed by atoms with Crippen LogP contribution in [0.3, 0.4) is 0 Å². The zero-order valence-corrected chi connectivity index (χ0v) is 20.6. The summed E-state index contributed by atoms with van der Waals surface area (Å²) in [6.45, 7) is 3.54. The van der Waals surface area contributed by atoms with E-state index in [9.17, 15) is 14.4 Å². The molecule has 1 fully saturated rings. The van der Waals surface area contributed by atoms with Crippen LogP contribution in [-0.4, -0.2) is 35.3 Å². The van der Waals surface area contributed by atoms with E-state index in [1.807, 2.05) is 79.9 Å². The second kappa shape index (κ2) is 9.19. The average Bonchev–Trinajstić information content (AvgIpc) is 3.41. The van der Waals surface area contributed by atoms with Crippen LogP contribution in [0.15, 0.2) is 66.0 Å². The molecule has 0 bridgehead atoms. The molecule has 1 aromatic heterocycles. The lowest BCUT2D eigenvalue weighted by Gasteiger charge is -2.31. The van der Waals surface area contributed by atoms with Crippen molar-refractivity contribution >= 4 is 46.2 Å². The fourth-order valence-electron chi connectivity index (χ4n) is 5.02. The summed E-state index contributed by atoms with van der Waals surface area (Å²) in [4.78, 5) is 43.7. The SMILES string of the molecule is CC(C)N(C(=O)CN1C(=O)N[C@@]2(CCCc3sccc32)C1=O)c1ccc(Nc2ccccc2)cc1. The number of anilines is 3. The third-order valence-corrected chi connectivity index (χ3v) is 7.60. The van der Waals surface area contributed by atoms with E-state index < -0.39 is 11.6 Å². The minimum Gasteiger partial charge on any atom is -0.356 e. The highest BCUT2D eigenvalue weighted by Gasteiger charge is 2.54. The number of hydrogen-bond donors (Lipinski definition) is 2. The predicted molar refractivity (Wildman–Crippen MR) is 138 cm³/mol. The normalized spacial score (nSPS) is 19.1. The molecule has 1 aliphatic carbocycles. The zero-order valence-electron chi connectivity index (χ0n) is 19.8. The number of rotatable bonds is 6. The Bertz CT molecular complexity index is 1250. The summed E-state index contributed by atoms with van der Waals surface area (Å²) in [5.41, 5.74) is 2.42. The number of nitrogens with zero attached hydrogens (tertiary/aromatic N) is 2. The van der Waals surface area contributed by atoms with Gasteiger partial charge in [0.05, 0.1) is 0 Å². The van der Waals surface area contributed by atoms with Gasteiger partial charge in [-0.1, -0.05) is 18.2 Å². The van der Waals surface area contributed by atoms with E-state index in [0.29, 0.717) is 12.1 Å². The standard InChI is InChI=1S/C27H28N4O3S/c1-18(2)31(21-12-10-20(11-13-21)28-19-7-4-3-5-8-19)24(32)17-30-25(33)27(29-26(30)34)15-6-9-23-22(27)14-16-35-23/h3-5,7-8,10-14,16,18,28H,6,9,15,17H2,1-2H3,(H,29,34)/t27-/m1/s1. The molecule has 1 aliphatic heterocycles. The number of nitrogens with one attached hydrogen (secondary N) is 2. The first-order chi connectivity index (χ1) is 16.9. The maximum absolute atomic E-state index is 13.5. The quantitative estimate of drug-likeness (QED) is 0.478. The summed E-state index contributed by atoms with van der Waals surface area (Å²) in [6.07, 6.45) is 2.28. The molecule has 4 amide bonds. The van der Waals surface area contributed by atoms with Crippen molar-refractivity contribution < 1.29 is 14.4 Å². The van der Waals surface area contributed by atoms with Gasteiger partial charge in [0, 0.05) is 33.5 Å². The molecule has 1 atom stereocenters. The Kier molecular flexibility index (Phi) is 6.06. The van der Waals surface area contributed by atoms with Crippen LogP contribution in [-0.2, 0) is 21.5 Å². The van der Waals surface area contributed by atoms with Crippen molar-refractivity contribution in [3.63, 3.8) is 0 Å². The van der Waals surface area contributed by atoms with Gasteiger partial charge in [-0.05, 0) is 81.0 Å². The number of carbonyl (C=O) groups excluding carboxylic acids is 3. The maximum Gasteiger partial charge on any atom is 0.325 e. The highest BCUT2D eigenvalue weighted by molar-refractivity contribution is 7.10. The highest BCUT2D eigenvalue weighted by Crippen LogP contribution is 2.42. The number of para-hydroxylation sites is 1. The van der Waals surface area contributed by atoms with Crippen LogP contribution in [0.25, 0.3) is 0 Å². The Labute approximate surface area is 208 Å². The fraction of sp³-hybridized carbons (Fsp3) is 0.296. The summed E-state index contributed by atoms with van der Waals surface area (Å²) in [7, 11) is 0. The van der Waals surface area contributed by atoms with Crippen LogP contribution in [0, 0.1) is 0 Å². The minimum absolute atomic E-state index is 0.150. The third kappa shape index (κ3) is 4.18. The Morgan fingerprint density at radius 1 is 1.09 bits per heavy atom. The number of amides is 4. The minimum atomic E-state index is -1.04. The van der Waals surface area contributed by atoms with Crippen molar-refractivity contribution in [1.82, 2.24) is 10.2 Å². The molecule has 35 heavy (non-hydrogen) atoms. The molecule has 2 heterocycles. The molecule has 3 aromatic rings. The van der Waals surface area contributed by atoms with E-state index in [1.54, 1.807) is 16.2 Å². The van der Waals surface area contributed by atoms with Crippen LogP contribution in [0.4, 0.5) is 21.9 Å². The van der Waals surface area contributed by atoms with Crippen LogP contribution < -0.4 is 15.5 Å². The van der Waals surface area contributed by atoms with E-state index in [1.165, 1.54) is 0 Å². The highest BCUT2D eigenvalue weighted by atomic mass is 32.1. The van der Waals surface area contributed by atoms with Crippen molar-refractivity contribution in [3.8, 4) is 0 Å². The van der Waals surface area contributed by atoms with Crippen molar-refractivity contribution in [1.29, 1.82) is 0 Å². The number of urea groups is 1. The summed E-state index contributed by atoms with van der Waals surface area (Å²) >= 11 is 1.61. The number of benzene rings is 2. The zero-order chi connectivity index (χ0) is 24.6. The number of carbonyl (C=O) groups is 3. The van der Waals surface area contributed by atoms with E-state index in [-0.39, 0.29) is 24.4 Å². The van der Waals surface area contributed by atoms with E-state index >= 15 is 0 Å². The molecule has 2 N–H and O–H groups in total. The molecule has 0 radical (unpaired) electrons. The molecule has 8 heteroatoms. The Morgan fingerprint density at radius 3 is 2.51 bits per heavy atom. The molecule has 0 saturated carbocycles. The predicted octanol–water partition coefficient (Wildman–Crippen LogP) is 5.02. The lowest BCUT2D eigenvalue weighted by molar-refractivity contribution is -0.135. The van der Waals surface area contributed by atoms with E-state index in [0.717, 1.165) is 39.6 Å². The van der Waals surface area contributed by atoms with E-state index in [4.69, 9.17) is 0 Å². The first-order valence-electron chi connectivity index (χ1n) is 11.8. The average molecular weight is 489 g/mol. The van der Waals surface area contributed by atoms with Crippen LogP contribution in [0.1, 0.15) is 37.1 Å². The number of hydrogen-bond acceptors (Lipinski definition) is 5. The number of thiophene rings is 1. The van der Waals surface area contributed by atoms with Crippen molar-refractivity contribution in [3.05, 3.63) is 76.5 Å². The molecular formula is C27H28N4O3S. The van der Waals surface area contributed by atoms with Crippen LogP contribution >= 0.6 is 11.3 Å². The molecule has 5 rings (SSSR count). The second-order valence-corrected chi connectivity index (χ2v) is 10.2. The molecule has 2 aromatic carbocycles. The lowest BCUT2D eigenvalue weighted by atomic mass is 9.80. The largest absolute Gasteiger partial charge is 0.356 e. The first-order valence-corrected chi connectivity index (χ1v) is 12.7. The molecular weight excluding hydrogens is 460 g/mol. The Hall–Kier alpha value is -3.65. The lowest BCUT2D eigenvalue weighted by Crippen LogP contribution is -2.48. The van der Waals surface area contributed by atoms with Crippen molar-refractivity contribution in [2.45, 2.75) is 44.7 Å². The van der Waals surface area contributed by atoms with Gasteiger partial charge >= 0.3 is 6.03 Å². The smallest absolute Gasteiger partial charge is 0.325 e. The molecule has 1 saturated heterocycles. The van der Waals surface area contributed by atoms with Gasteiger partial charge in [0.1, 0.15) is 12.1 Å². The topological polar surface area (TPSA) is 81.8 Å².